The van der Waals surface area contributed by atoms with Crippen LogP contribution in [0.2, 0.25) is 0 Å². The van der Waals surface area contributed by atoms with E-state index < -0.39 is 9.84 Å². The molecule has 0 radical (unpaired) electrons. The van der Waals surface area contributed by atoms with Crippen LogP contribution >= 0.6 is 23.1 Å². The second-order valence-corrected chi connectivity index (χ2v) is 11.6. The monoisotopic (exact) mass is 496 g/mol. The first kappa shape index (κ1) is 23.5. The minimum Gasteiger partial charge on any atom is -0.283 e. The lowest BCUT2D eigenvalue weighted by atomic mass is 10.1. The molecule has 4 aromatic rings. The Labute approximate surface area is 202 Å². The first-order valence-corrected chi connectivity index (χ1v) is 14.2. The number of sulfone groups is 1. The summed E-state index contributed by atoms with van der Waals surface area (Å²) in [7, 11) is -3.27. The van der Waals surface area contributed by atoms with Crippen molar-refractivity contribution in [2.45, 2.75) is 29.7 Å². The van der Waals surface area contributed by atoms with E-state index in [-0.39, 0.29) is 23.0 Å². The number of carbonyl (C=O) groups is 1. The summed E-state index contributed by atoms with van der Waals surface area (Å²) in [6, 6.07) is 22.5. The average molecular weight is 497 g/mol. The van der Waals surface area contributed by atoms with Crippen LogP contribution in [0.5, 0.6) is 0 Å². The summed E-state index contributed by atoms with van der Waals surface area (Å²) in [5.74, 6) is -0.0408. The van der Waals surface area contributed by atoms with E-state index >= 15 is 0 Å². The fraction of sp³-hybridized carbons (Fsp3) is 0.200. The third kappa shape index (κ3) is 5.29. The molecule has 170 valence electrons. The number of amides is 1. The molecular weight excluding hydrogens is 472 g/mol. The second-order valence-electron chi connectivity index (χ2n) is 7.49. The smallest absolute Gasteiger partial charge is 0.233 e. The molecule has 8 heteroatoms. The maximum Gasteiger partial charge on any atom is 0.233 e. The lowest BCUT2D eigenvalue weighted by Crippen LogP contribution is -2.31. The Morgan fingerprint density at radius 1 is 0.970 bits per heavy atom. The number of rotatable bonds is 8. The third-order valence-electron chi connectivity index (χ3n) is 5.32. The molecule has 1 amide bonds. The summed E-state index contributed by atoms with van der Waals surface area (Å²) < 4.78 is 25.2. The van der Waals surface area contributed by atoms with Crippen LogP contribution in [0.3, 0.4) is 0 Å². The molecule has 0 N–H and O–H groups in total. The van der Waals surface area contributed by atoms with E-state index in [9.17, 15) is 13.2 Å². The second kappa shape index (κ2) is 10.1. The molecule has 0 aliphatic rings. The predicted molar refractivity (Wildman–Crippen MR) is 137 cm³/mol. The van der Waals surface area contributed by atoms with Gasteiger partial charge in [0, 0.05) is 4.90 Å². The molecule has 0 spiro atoms. The molecule has 4 rings (SSSR count). The zero-order valence-corrected chi connectivity index (χ0v) is 20.8. The Morgan fingerprint density at radius 2 is 1.70 bits per heavy atom. The molecule has 3 aromatic carbocycles. The van der Waals surface area contributed by atoms with Crippen LogP contribution in [0.25, 0.3) is 10.2 Å². The van der Waals surface area contributed by atoms with Crippen molar-refractivity contribution in [3.8, 4) is 0 Å². The molecular formula is C25H24N2O3S3. The molecule has 0 unspecified atom stereocenters. The van der Waals surface area contributed by atoms with E-state index in [4.69, 9.17) is 4.98 Å². The summed E-state index contributed by atoms with van der Waals surface area (Å²) in [6.07, 6.45) is 2.17. The number of para-hydroxylation sites is 1. The van der Waals surface area contributed by atoms with E-state index in [1.54, 1.807) is 47.9 Å². The van der Waals surface area contributed by atoms with Crippen molar-refractivity contribution < 1.29 is 13.2 Å². The summed E-state index contributed by atoms with van der Waals surface area (Å²) in [5.41, 5.74) is 2.68. The van der Waals surface area contributed by atoms with Crippen LogP contribution in [0.4, 0.5) is 5.13 Å². The van der Waals surface area contributed by atoms with Crippen molar-refractivity contribution in [2.75, 3.05) is 16.9 Å². The normalized spacial score (nSPS) is 11.6. The van der Waals surface area contributed by atoms with Gasteiger partial charge in [0.15, 0.2) is 15.0 Å². The molecule has 1 aromatic heterocycles. The third-order valence-corrected chi connectivity index (χ3v) is 8.89. The van der Waals surface area contributed by atoms with E-state index in [0.29, 0.717) is 11.7 Å². The van der Waals surface area contributed by atoms with Gasteiger partial charge < -0.3 is 0 Å². The fourth-order valence-corrected chi connectivity index (χ4v) is 5.99. The Bertz CT molecular complexity index is 1370. The molecule has 0 saturated carbocycles. The molecule has 0 saturated heterocycles. The van der Waals surface area contributed by atoms with Gasteiger partial charge in [0.2, 0.25) is 5.91 Å². The van der Waals surface area contributed by atoms with E-state index in [1.807, 2.05) is 54.8 Å². The first-order valence-electron chi connectivity index (χ1n) is 10.5. The highest BCUT2D eigenvalue weighted by molar-refractivity contribution is 7.98. The largest absolute Gasteiger partial charge is 0.283 e. The van der Waals surface area contributed by atoms with Crippen molar-refractivity contribution in [3.63, 3.8) is 0 Å². The van der Waals surface area contributed by atoms with E-state index in [1.165, 1.54) is 11.3 Å². The molecule has 0 atom stereocenters. The number of thioether (sulfide) groups is 1. The number of benzene rings is 3. The SMILES string of the molecule is CCS(=O)(=O)c1ccc(CC(=O)N(Cc2ccccc2)c2nc3c(SC)cccc3s2)cc1. The number of aromatic nitrogens is 1. The Hall–Kier alpha value is -2.68. The Morgan fingerprint density at radius 3 is 2.36 bits per heavy atom. The van der Waals surface area contributed by atoms with Gasteiger partial charge in [-0.25, -0.2) is 13.4 Å². The van der Waals surface area contributed by atoms with Gasteiger partial charge in [-0.1, -0.05) is 66.8 Å². The summed E-state index contributed by atoms with van der Waals surface area (Å²) in [6.45, 7) is 2.03. The quantitative estimate of drug-likeness (QED) is 0.298. The van der Waals surface area contributed by atoms with Crippen LogP contribution in [0.15, 0.2) is 82.6 Å². The van der Waals surface area contributed by atoms with Crippen LogP contribution in [-0.2, 0) is 27.6 Å². The molecule has 0 bridgehead atoms. The van der Waals surface area contributed by atoms with Crippen molar-refractivity contribution in [1.82, 2.24) is 4.98 Å². The minimum absolute atomic E-state index is 0.0474. The van der Waals surface area contributed by atoms with Gasteiger partial charge in [0.1, 0.15) is 0 Å². The lowest BCUT2D eigenvalue weighted by molar-refractivity contribution is -0.118. The topological polar surface area (TPSA) is 67.3 Å². The average Bonchev–Trinajstić information content (AvgIpc) is 3.27. The molecule has 0 fully saturated rings. The Balaban J connectivity index is 1.66. The highest BCUT2D eigenvalue weighted by Gasteiger charge is 2.22. The maximum atomic E-state index is 13.5. The molecule has 0 aliphatic heterocycles. The summed E-state index contributed by atoms with van der Waals surface area (Å²) in [5, 5.41) is 0.658. The first-order chi connectivity index (χ1) is 15.9. The Kier molecular flexibility index (Phi) is 7.17. The number of fused-ring (bicyclic) bond motifs is 1. The zero-order valence-electron chi connectivity index (χ0n) is 18.4. The van der Waals surface area contributed by atoms with Gasteiger partial charge in [-0.2, -0.15) is 0 Å². The molecule has 33 heavy (non-hydrogen) atoms. The van der Waals surface area contributed by atoms with Gasteiger partial charge >= 0.3 is 0 Å². The van der Waals surface area contributed by atoms with Crippen LogP contribution in [-0.4, -0.2) is 31.3 Å². The van der Waals surface area contributed by atoms with E-state index in [0.717, 1.165) is 26.2 Å². The number of anilines is 1. The number of hydrogen-bond acceptors (Lipinski definition) is 6. The lowest BCUT2D eigenvalue weighted by Gasteiger charge is -2.20. The maximum absolute atomic E-state index is 13.5. The van der Waals surface area contributed by atoms with Gasteiger partial charge in [0.25, 0.3) is 0 Å². The molecule has 1 heterocycles. The van der Waals surface area contributed by atoms with Crippen molar-refractivity contribution >= 4 is 54.2 Å². The number of thiazole rings is 1. The van der Waals surface area contributed by atoms with Crippen LogP contribution in [0.1, 0.15) is 18.1 Å². The summed E-state index contributed by atoms with van der Waals surface area (Å²) in [4.78, 5) is 21.4. The number of nitrogens with zero attached hydrogens (tertiary/aromatic N) is 2. The van der Waals surface area contributed by atoms with Gasteiger partial charge in [-0.05, 0) is 41.6 Å². The van der Waals surface area contributed by atoms with Gasteiger partial charge in [0.05, 0.1) is 33.8 Å². The van der Waals surface area contributed by atoms with Crippen molar-refractivity contribution in [1.29, 1.82) is 0 Å². The number of hydrogen-bond donors (Lipinski definition) is 0. The zero-order chi connectivity index (χ0) is 23.4. The molecule has 5 nitrogen and oxygen atoms in total. The van der Waals surface area contributed by atoms with Crippen molar-refractivity contribution in [2.24, 2.45) is 0 Å². The highest BCUT2D eigenvalue weighted by Crippen LogP contribution is 2.35. The van der Waals surface area contributed by atoms with Gasteiger partial charge in [-0.3, -0.25) is 9.69 Å². The summed E-state index contributed by atoms with van der Waals surface area (Å²) >= 11 is 3.14. The standard InChI is InChI=1S/C25H24N2O3S3/c1-3-33(29,30)20-14-12-18(13-15-20)16-23(28)27(17-19-8-5-4-6-9-19)25-26-24-21(31-2)10-7-11-22(24)32-25/h4-15H,3,16-17H2,1-2H3. The fourth-order valence-electron chi connectivity index (χ4n) is 3.47. The minimum atomic E-state index is -3.27. The molecule has 0 aliphatic carbocycles. The number of carbonyl (C=O) groups excluding carboxylic acids is 1. The predicted octanol–water partition coefficient (Wildman–Crippen LogP) is 5.59. The highest BCUT2D eigenvalue weighted by atomic mass is 32.2. The van der Waals surface area contributed by atoms with Crippen molar-refractivity contribution in [3.05, 3.63) is 83.9 Å². The van der Waals surface area contributed by atoms with Gasteiger partial charge in [-0.15, -0.1) is 11.8 Å². The van der Waals surface area contributed by atoms with E-state index in [2.05, 4.69) is 0 Å². The van der Waals surface area contributed by atoms with Crippen LogP contribution < -0.4 is 4.90 Å². The van der Waals surface area contributed by atoms with Crippen LogP contribution in [0, 0.1) is 0 Å².